The molecule has 2 aromatic heterocycles. The Balaban J connectivity index is 1.42. The van der Waals surface area contributed by atoms with Gasteiger partial charge >= 0.3 is 0 Å². The summed E-state index contributed by atoms with van der Waals surface area (Å²) in [6.45, 7) is 4.89. The molecule has 6 nitrogen and oxygen atoms in total. The summed E-state index contributed by atoms with van der Waals surface area (Å²) in [5, 5.41) is 4.49. The molecule has 6 heteroatoms. The summed E-state index contributed by atoms with van der Waals surface area (Å²) in [6.07, 6.45) is 10.0. The molecule has 1 aromatic carbocycles. The maximum absolute atomic E-state index is 5.87. The van der Waals surface area contributed by atoms with Gasteiger partial charge in [0.2, 0.25) is 5.88 Å². The minimum Gasteiger partial charge on any atom is -0.439 e. The molecule has 3 heterocycles. The van der Waals surface area contributed by atoms with Crippen molar-refractivity contribution in [2.24, 2.45) is 4.99 Å². The number of rotatable bonds is 6. The number of benzene rings is 1. The fourth-order valence-electron chi connectivity index (χ4n) is 3.36. The van der Waals surface area contributed by atoms with E-state index in [-0.39, 0.29) is 0 Å². The molecule has 0 amide bonds. The van der Waals surface area contributed by atoms with Crippen molar-refractivity contribution in [3.63, 3.8) is 0 Å². The SMILES string of the molecule is CC1=c2c(NCCc3ccc(Oc4ncccc4C)cc3)ncnc2=NC=CCC1. The number of nitrogens with one attached hydrogen (secondary N) is 1. The average Bonchev–Trinajstić information content (AvgIpc) is 2.75. The Morgan fingerprint density at radius 2 is 1.90 bits per heavy atom. The second-order valence-electron chi connectivity index (χ2n) is 7.30. The molecule has 0 saturated heterocycles. The number of hydrogen-bond acceptors (Lipinski definition) is 6. The third-order valence-corrected chi connectivity index (χ3v) is 5.05. The van der Waals surface area contributed by atoms with Crippen LogP contribution in [0.2, 0.25) is 0 Å². The van der Waals surface area contributed by atoms with Crippen molar-refractivity contribution in [3.8, 4) is 11.6 Å². The Hall–Kier alpha value is -3.54. The van der Waals surface area contributed by atoms with E-state index in [9.17, 15) is 0 Å². The number of nitrogens with zero attached hydrogens (tertiary/aromatic N) is 4. The van der Waals surface area contributed by atoms with Crippen LogP contribution in [0.25, 0.3) is 5.57 Å². The zero-order chi connectivity index (χ0) is 20.8. The Labute approximate surface area is 176 Å². The van der Waals surface area contributed by atoms with Crippen molar-refractivity contribution in [2.45, 2.75) is 33.1 Å². The maximum atomic E-state index is 5.87. The Morgan fingerprint density at radius 1 is 1.03 bits per heavy atom. The molecular formula is C24H25N5O. The average molecular weight is 399 g/mol. The molecule has 30 heavy (non-hydrogen) atoms. The van der Waals surface area contributed by atoms with Gasteiger partial charge in [0.25, 0.3) is 0 Å². The molecule has 1 N–H and O–H groups in total. The van der Waals surface area contributed by atoms with Crippen LogP contribution in [-0.2, 0) is 6.42 Å². The van der Waals surface area contributed by atoms with Crippen LogP contribution < -0.4 is 20.8 Å². The van der Waals surface area contributed by atoms with Crippen LogP contribution in [0, 0.1) is 6.92 Å². The molecule has 0 bridgehead atoms. The molecule has 4 rings (SSSR count). The predicted molar refractivity (Wildman–Crippen MR) is 118 cm³/mol. The number of pyridine rings is 1. The molecule has 0 atom stereocenters. The van der Waals surface area contributed by atoms with Crippen LogP contribution in [0.4, 0.5) is 5.82 Å². The highest BCUT2D eigenvalue weighted by Gasteiger charge is 2.06. The van der Waals surface area contributed by atoms with E-state index in [0.29, 0.717) is 5.88 Å². The third-order valence-electron chi connectivity index (χ3n) is 5.05. The first kappa shape index (κ1) is 19.8. The Morgan fingerprint density at radius 3 is 2.73 bits per heavy atom. The third kappa shape index (κ3) is 4.71. The largest absolute Gasteiger partial charge is 0.439 e. The second-order valence-corrected chi connectivity index (χ2v) is 7.30. The smallest absolute Gasteiger partial charge is 0.222 e. The molecule has 3 aromatic rings. The van der Waals surface area contributed by atoms with Gasteiger partial charge in [0.1, 0.15) is 17.9 Å². The molecule has 152 valence electrons. The molecule has 0 radical (unpaired) electrons. The first-order valence-electron chi connectivity index (χ1n) is 10.2. The van der Waals surface area contributed by atoms with Crippen molar-refractivity contribution in [1.29, 1.82) is 0 Å². The molecule has 0 unspecified atom stereocenters. The number of allylic oxidation sites excluding steroid dienone is 1. The summed E-state index contributed by atoms with van der Waals surface area (Å²) in [6, 6.07) is 12.0. The van der Waals surface area contributed by atoms with Crippen LogP contribution >= 0.6 is 0 Å². The quantitative estimate of drug-likeness (QED) is 0.684. The lowest BCUT2D eigenvalue weighted by molar-refractivity contribution is 0.459. The number of aryl methyl sites for hydroxylation is 1. The van der Waals surface area contributed by atoms with E-state index in [0.717, 1.165) is 53.6 Å². The van der Waals surface area contributed by atoms with Crippen molar-refractivity contribution in [1.82, 2.24) is 15.0 Å². The molecule has 1 aliphatic heterocycles. The van der Waals surface area contributed by atoms with E-state index >= 15 is 0 Å². The Bertz CT molecular complexity index is 1170. The summed E-state index contributed by atoms with van der Waals surface area (Å²) in [5.74, 6) is 2.27. The van der Waals surface area contributed by atoms with Gasteiger partial charge in [-0.1, -0.05) is 29.8 Å². The summed E-state index contributed by atoms with van der Waals surface area (Å²) in [7, 11) is 0. The fraction of sp³-hybridized carbons (Fsp3) is 0.250. The fourth-order valence-corrected chi connectivity index (χ4v) is 3.36. The lowest BCUT2D eigenvalue weighted by Gasteiger charge is -2.10. The van der Waals surface area contributed by atoms with Crippen LogP contribution in [0.5, 0.6) is 11.6 Å². The highest BCUT2D eigenvalue weighted by atomic mass is 16.5. The van der Waals surface area contributed by atoms with Crippen molar-refractivity contribution in [2.75, 3.05) is 11.9 Å². The van der Waals surface area contributed by atoms with Crippen molar-refractivity contribution < 1.29 is 4.74 Å². The summed E-state index contributed by atoms with van der Waals surface area (Å²) < 4.78 is 5.87. The van der Waals surface area contributed by atoms with Gasteiger partial charge in [0, 0.05) is 24.5 Å². The molecule has 0 fully saturated rings. The van der Waals surface area contributed by atoms with Gasteiger partial charge in [-0.3, -0.25) is 0 Å². The standard InChI is InChI=1S/C24H25N5O/c1-17-6-3-4-13-25-22-21(17)23(29-16-28-22)26-15-12-19-8-10-20(11-9-19)30-24-18(2)7-5-14-27-24/h4-5,7-11,13-14,16H,3,6,12,15H2,1-2H3,(H,25,26,28,29). The predicted octanol–water partition coefficient (Wildman–Crippen LogP) is 3.72. The highest BCUT2D eigenvalue weighted by Crippen LogP contribution is 2.22. The lowest BCUT2D eigenvalue weighted by Crippen LogP contribution is -2.34. The van der Waals surface area contributed by atoms with E-state index < -0.39 is 0 Å². The molecule has 0 saturated carbocycles. The van der Waals surface area contributed by atoms with Gasteiger partial charge in [0.15, 0.2) is 5.49 Å². The normalized spacial score (nSPS) is 13.1. The van der Waals surface area contributed by atoms with Gasteiger partial charge in [0.05, 0.1) is 5.22 Å². The first-order chi connectivity index (χ1) is 14.7. The van der Waals surface area contributed by atoms with Gasteiger partial charge in [-0.15, -0.1) is 0 Å². The number of aromatic nitrogens is 3. The van der Waals surface area contributed by atoms with E-state index in [1.54, 1.807) is 12.5 Å². The van der Waals surface area contributed by atoms with Crippen molar-refractivity contribution >= 4 is 11.4 Å². The van der Waals surface area contributed by atoms with Crippen LogP contribution in [0.15, 0.2) is 66.2 Å². The lowest BCUT2D eigenvalue weighted by atomic mass is 10.1. The van der Waals surface area contributed by atoms with E-state index in [4.69, 9.17) is 4.74 Å². The first-order valence-corrected chi connectivity index (χ1v) is 10.2. The Kier molecular flexibility index (Phi) is 6.13. The van der Waals surface area contributed by atoms with E-state index in [1.165, 1.54) is 11.1 Å². The van der Waals surface area contributed by atoms with Crippen LogP contribution in [0.3, 0.4) is 0 Å². The second kappa shape index (κ2) is 9.31. The summed E-state index contributed by atoms with van der Waals surface area (Å²) in [4.78, 5) is 17.5. The number of fused-ring (bicyclic) bond motifs is 1. The monoisotopic (exact) mass is 399 g/mol. The minimum atomic E-state index is 0.638. The summed E-state index contributed by atoms with van der Waals surface area (Å²) >= 11 is 0. The summed E-state index contributed by atoms with van der Waals surface area (Å²) in [5.41, 5.74) is 4.22. The van der Waals surface area contributed by atoms with Crippen molar-refractivity contribution in [3.05, 3.63) is 83.0 Å². The van der Waals surface area contributed by atoms with Gasteiger partial charge in [-0.25, -0.2) is 19.9 Å². The number of ether oxygens (including phenoxy) is 1. The van der Waals surface area contributed by atoms with Gasteiger partial charge < -0.3 is 10.1 Å². The number of hydrogen-bond donors (Lipinski definition) is 1. The maximum Gasteiger partial charge on any atom is 0.222 e. The molecule has 0 aliphatic carbocycles. The van der Waals surface area contributed by atoms with Gasteiger partial charge in [-0.05, 0) is 56.9 Å². The molecule has 1 aliphatic rings. The highest BCUT2D eigenvalue weighted by molar-refractivity contribution is 5.51. The zero-order valence-corrected chi connectivity index (χ0v) is 17.3. The molecular weight excluding hydrogens is 374 g/mol. The van der Waals surface area contributed by atoms with Crippen LogP contribution in [-0.4, -0.2) is 21.5 Å². The topological polar surface area (TPSA) is 72.3 Å². The van der Waals surface area contributed by atoms with E-state index in [2.05, 4.69) is 50.4 Å². The van der Waals surface area contributed by atoms with Gasteiger partial charge in [-0.2, -0.15) is 0 Å². The minimum absolute atomic E-state index is 0.638. The zero-order valence-electron chi connectivity index (χ0n) is 17.3. The van der Waals surface area contributed by atoms with Crippen LogP contribution in [0.1, 0.15) is 30.9 Å². The van der Waals surface area contributed by atoms with E-state index in [1.807, 2.05) is 37.4 Å². The molecule has 0 spiro atoms. The number of anilines is 1.